The van der Waals surface area contributed by atoms with Crippen LogP contribution in [0.5, 0.6) is 0 Å². The van der Waals surface area contributed by atoms with Crippen LogP contribution in [-0.4, -0.2) is 35.9 Å². The summed E-state index contributed by atoms with van der Waals surface area (Å²) in [6.07, 6.45) is -4.29. The Labute approximate surface area is 120 Å². The number of ketones is 1. The van der Waals surface area contributed by atoms with Crippen LogP contribution in [0.2, 0.25) is 0 Å². The lowest BCUT2D eigenvalue weighted by Crippen LogP contribution is -2.46. The van der Waals surface area contributed by atoms with E-state index in [2.05, 4.69) is 0 Å². The van der Waals surface area contributed by atoms with E-state index in [0.717, 1.165) is 10.5 Å². The first kappa shape index (κ1) is 15.5. The van der Waals surface area contributed by atoms with Crippen molar-refractivity contribution in [1.29, 1.82) is 0 Å². The van der Waals surface area contributed by atoms with Crippen LogP contribution in [0.1, 0.15) is 28.8 Å². The van der Waals surface area contributed by atoms with E-state index in [0.29, 0.717) is 5.56 Å². The lowest BCUT2D eigenvalue weighted by atomic mass is 9.88. The summed E-state index contributed by atoms with van der Waals surface area (Å²) >= 11 is 0. The Bertz CT molecular complexity index is 529. The first-order chi connectivity index (χ1) is 9.79. The van der Waals surface area contributed by atoms with Crippen molar-refractivity contribution >= 4 is 11.7 Å². The number of nitrogens with zero attached hydrogens (tertiary/aromatic N) is 1. The number of likely N-dealkylation sites (tertiary alicyclic amines) is 1. The van der Waals surface area contributed by atoms with Gasteiger partial charge in [-0.3, -0.25) is 9.59 Å². The molecule has 1 amide bonds. The lowest BCUT2D eigenvalue weighted by Gasteiger charge is -2.31. The van der Waals surface area contributed by atoms with Crippen LogP contribution in [0.4, 0.5) is 13.2 Å². The zero-order chi connectivity index (χ0) is 15.6. The zero-order valence-electron chi connectivity index (χ0n) is 11.6. The second kappa shape index (κ2) is 5.87. The Morgan fingerprint density at radius 2 is 1.62 bits per heavy atom. The Morgan fingerprint density at radius 1 is 1.10 bits per heavy atom. The number of halogens is 3. The van der Waals surface area contributed by atoms with E-state index in [1.54, 1.807) is 12.1 Å². The quantitative estimate of drug-likeness (QED) is 0.787. The topological polar surface area (TPSA) is 37.4 Å². The molecule has 1 heterocycles. The first-order valence-corrected chi connectivity index (χ1v) is 6.76. The number of carbonyl (C=O) groups excluding carboxylic acids is 2. The molecule has 1 fully saturated rings. The second-order valence-corrected chi connectivity index (χ2v) is 5.29. The fourth-order valence-corrected chi connectivity index (χ4v) is 2.48. The van der Waals surface area contributed by atoms with Crippen LogP contribution in [0.25, 0.3) is 0 Å². The van der Waals surface area contributed by atoms with Crippen LogP contribution in [0.3, 0.4) is 0 Å². The summed E-state index contributed by atoms with van der Waals surface area (Å²) in [6, 6.07) is 7.11. The molecule has 114 valence electrons. The van der Waals surface area contributed by atoms with Crippen molar-refractivity contribution in [2.24, 2.45) is 5.92 Å². The molecule has 1 aliphatic rings. The molecule has 0 aromatic heterocycles. The molecule has 0 spiro atoms. The minimum atomic E-state index is -4.84. The predicted molar refractivity (Wildman–Crippen MR) is 70.9 cm³/mol. The standard InChI is InChI=1S/C15H16F3NO2/c1-10-2-4-11(5-3-10)13(20)12-6-8-19(9-7-12)14(21)15(16,17)18/h2-5,12H,6-9H2,1H3. The Balaban J connectivity index is 1.96. The minimum Gasteiger partial charge on any atom is -0.335 e. The average molecular weight is 299 g/mol. The summed E-state index contributed by atoms with van der Waals surface area (Å²) < 4.78 is 37.0. The molecular formula is C15H16F3NO2. The number of Topliss-reactive ketones (excluding diaryl/α,β-unsaturated/α-hetero) is 1. The van der Waals surface area contributed by atoms with Gasteiger partial charge < -0.3 is 4.90 Å². The number of aryl methyl sites for hydroxylation is 1. The highest BCUT2D eigenvalue weighted by Crippen LogP contribution is 2.26. The van der Waals surface area contributed by atoms with E-state index in [-0.39, 0.29) is 37.6 Å². The highest BCUT2D eigenvalue weighted by Gasteiger charge is 2.43. The summed E-state index contributed by atoms with van der Waals surface area (Å²) in [7, 11) is 0. The van der Waals surface area contributed by atoms with Gasteiger partial charge in [0.2, 0.25) is 0 Å². The van der Waals surface area contributed by atoms with E-state index < -0.39 is 12.1 Å². The number of hydrogen-bond acceptors (Lipinski definition) is 2. The number of amides is 1. The van der Waals surface area contributed by atoms with Crippen LogP contribution < -0.4 is 0 Å². The van der Waals surface area contributed by atoms with Crippen LogP contribution in [-0.2, 0) is 4.79 Å². The zero-order valence-corrected chi connectivity index (χ0v) is 11.6. The molecule has 3 nitrogen and oxygen atoms in total. The highest BCUT2D eigenvalue weighted by atomic mass is 19.4. The van der Waals surface area contributed by atoms with Crippen molar-refractivity contribution in [1.82, 2.24) is 4.90 Å². The van der Waals surface area contributed by atoms with Gasteiger partial charge in [-0.25, -0.2) is 0 Å². The maximum Gasteiger partial charge on any atom is 0.471 e. The van der Waals surface area contributed by atoms with Gasteiger partial charge in [-0.05, 0) is 19.8 Å². The number of hydrogen-bond donors (Lipinski definition) is 0. The van der Waals surface area contributed by atoms with Gasteiger partial charge in [0.05, 0.1) is 0 Å². The third-order valence-corrected chi connectivity index (χ3v) is 3.73. The number of rotatable bonds is 2. The van der Waals surface area contributed by atoms with Gasteiger partial charge in [-0.2, -0.15) is 13.2 Å². The fraction of sp³-hybridized carbons (Fsp3) is 0.467. The van der Waals surface area contributed by atoms with Crippen LogP contribution in [0, 0.1) is 12.8 Å². The summed E-state index contributed by atoms with van der Waals surface area (Å²) in [5.41, 5.74) is 1.61. The molecule has 0 N–H and O–H groups in total. The molecular weight excluding hydrogens is 283 g/mol. The van der Waals surface area contributed by atoms with Crippen molar-refractivity contribution in [3.8, 4) is 0 Å². The van der Waals surface area contributed by atoms with Crippen molar-refractivity contribution in [2.45, 2.75) is 25.9 Å². The molecule has 0 unspecified atom stereocenters. The molecule has 2 rings (SSSR count). The van der Waals surface area contributed by atoms with E-state index in [1.807, 2.05) is 19.1 Å². The molecule has 6 heteroatoms. The molecule has 0 aliphatic carbocycles. The molecule has 1 aromatic rings. The van der Waals surface area contributed by atoms with Gasteiger partial charge >= 0.3 is 12.1 Å². The van der Waals surface area contributed by atoms with Gasteiger partial charge in [-0.15, -0.1) is 0 Å². The number of piperidine rings is 1. The van der Waals surface area contributed by atoms with E-state index in [4.69, 9.17) is 0 Å². The van der Waals surface area contributed by atoms with Crippen molar-refractivity contribution < 1.29 is 22.8 Å². The Morgan fingerprint density at radius 3 is 2.10 bits per heavy atom. The van der Waals surface area contributed by atoms with Gasteiger partial charge in [0.25, 0.3) is 0 Å². The monoisotopic (exact) mass is 299 g/mol. The van der Waals surface area contributed by atoms with Crippen LogP contribution in [0.15, 0.2) is 24.3 Å². The first-order valence-electron chi connectivity index (χ1n) is 6.76. The van der Waals surface area contributed by atoms with Crippen molar-refractivity contribution in [3.63, 3.8) is 0 Å². The minimum absolute atomic E-state index is 0.0272. The summed E-state index contributed by atoms with van der Waals surface area (Å²) in [5, 5.41) is 0. The molecule has 1 aliphatic heterocycles. The van der Waals surface area contributed by atoms with E-state index >= 15 is 0 Å². The third-order valence-electron chi connectivity index (χ3n) is 3.73. The smallest absolute Gasteiger partial charge is 0.335 e. The maximum absolute atomic E-state index is 12.3. The van der Waals surface area contributed by atoms with Gasteiger partial charge in [0.1, 0.15) is 0 Å². The lowest BCUT2D eigenvalue weighted by molar-refractivity contribution is -0.186. The molecule has 0 radical (unpaired) electrons. The fourth-order valence-electron chi connectivity index (χ4n) is 2.48. The summed E-state index contributed by atoms with van der Waals surface area (Å²) in [5.74, 6) is -2.19. The molecule has 1 aromatic carbocycles. The largest absolute Gasteiger partial charge is 0.471 e. The number of benzene rings is 1. The molecule has 0 saturated carbocycles. The van der Waals surface area contributed by atoms with Gasteiger partial charge in [0.15, 0.2) is 5.78 Å². The van der Waals surface area contributed by atoms with Gasteiger partial charge in [0, 0.05) is 24.6 Å². The highest BCUT2D eigenvalue weighted by molar-refractivity contribution is 5.98. The average Bonchev–Trinajstić information content (AvgIpc) is 2.46. The van der Waals surface area contributed by atoms with Crippen molar-refractivity contribution in [2.75, 3.05) is 13.1 Å². The summed E-state index contributed by atoms with van der Waals surface area (Å²) in [6.45, 7) is 1.86. The molecule has 1 saturated heterocycles. The van der Waals surface area contributed by atoms with E-state index in [9.17, 15) is 22.8 Å². The molecule has 0 atom stereocenters. The number of carbonyl (C=O) groups is 2. The number of alkyl halides is 3. The van der Waals surface area contributed by atoms with E-state index in [1.165, 1.54) is 0 Å². The molecule has 0 bridgehead atoms. The van der Waals surface area contributed by atoms with Crippen LogP contribution >= 0.6 is 0 Å². The Hall–Kier alpha value is -1.85. The predicted octanol–water partition coefficient (Wildman–Crippen LogP) is 2.98. The maximum atomic E-state index is 12.3. The van der Waals surface area contributed by atoms with Crippen molar-refractivity contribution in [3.05, 3.63) is 35.4 Å². The normalized spacial score (nSPS) is 16.9. The molecule has 21 heavy (non-hydrogen) atoms. The second-order valence-electron chi connectivity index (χ2n) is 5.29. The summed E-state index contributed by atoms with van der Waals surface area (Å²) in [4.78, 5) is 24.2. The Kier molecular flexibility index (Phi) is 4.34. The third kappa shape index (κ3) is 3.62. The SMILES string of the molecule is Cc1ccc(C(=O)C2CCN(C(=O)C(F)(F)F)CC2)cc1. The van der Waals surface area contributed by atoms with Gasteiger partial charge in [-0.1, -0.05) is 29.8 Å².